The Kier molecular flexibility index (Phi) is 19.9. The topological polar surface area (TPSA) is 54.2 Å². The van der Waals surface area contributed by atoms with Gasteiger partial charge in [0.1, 0.15) is 33.5 Å². The van der Waals surface area contributed by atoms with Crippen molar-refractivity contribution >= 4 is 131 Å². The van der Waals surface area contributed by atoms with Gasteiger partial charge >= 0.3 is 0 Å². The van der Waals surface area contributed by atoms with Crippen molar-refractivity contribution < 1.29 is 13.3 Å². The Morgan fingerprint density at radius 3 is 0.580 bits per heavy atom. The highest BCUT2D eigenvalue weighted by Crippen LogP contribution is 2.45. The molecule has 28 aromatic rings. The van der Waals surface area contributed by atoms with Crippen LogP contribution < -0.4 is 0 Å². The second-order valence-corrected chi connectivity index (χ2v) is 35.7. The first-order valence-electron chi connectivity index (χ1n) is 47.1. The summed E-state index contributed by atoms with van der Waals surface area (Å²) in [4.78, 5) is 0. The van der Waals surface area contributed by atoms with Gasteiger partial charge in [-0.1, -0.05) is 376 Å². The van der Waals surface area contributed by atoms with Gasteiger partial charge in [0, 0.05) is 81.7 Å². The van der Waals surface area contributed by atoms with Gasteiger partial charge in [0.2, 0.25) is 0 Å². The molecular formula is C132H85N3O3. The largest absolute Gasteiger partial charge is 0.456 e. The SMILES string of the molecule is c1ccc(-c2ccc3c(c2)c2cc(-c4ccccc4)ccc2n3-c2ccc(-c3ccc(-c4ccc5oc6ccccc6c5c4)cc3)cc2)cc1.c1ccc(-c2ccc3c4ccc(-c5ccccc5)cc4n(-c4ccc(-c5ccc(-c6ccc7oc8ccccc8c7c6)cc5)cc4)c3c2)cc1.c1ccc2c(c1)oc1ccc(-c3ccc(-c4ccc(-n5c6ccccc6c6ccccc65)cc4)cc3)cc12. The molecule has 646 valence electrons. The summed E-state index contributed by atoms with van der Waals surface area (Å²) in [6, 6.07) is 185. The van der Waals surface area contributed by atoms with Gasteiger partial charge in [-0.2, -0.15) is 0 Å². The van der Waals surface area contributed by atoms with Crippen molar-refractivity contribution in [3.05, 3.63) is 516 Å². The predicted octanol–water partition coefficient (Wildman–Crippen LogP) is 36.7. The lowest BCUT2D eigenvalue weighted by Gasteiger charge is -2.11. The lowest BCUT2D eigenvalue weighted by atomic mass is 9.99. The average Bonchev–Trinajstić information content (AvgIpc) is 1.57. The molecule has 0 atom stereocenters. The molecule has 0 saturated carbocycles. The first kappa shape index (κ1) is 80.5. The molecule has 0 radical (unpaired) electrons. The minimum absolute atomic E-state index is 0.919. The summed E-state index contributed by atoms with van der Waals surface area (Å²) in [7, 11) is 0. The zero-order chi connectivity index (χ0) is 91.1. The van der Waals surface area contributed by atoms with E-state index in [1.165, 1.54) is 182 Å². The second-order valence-electron chi connectivity index (χ2n) is 35.7. The summed E-state index contributed by atoms with van der Waals surface area (Å²) in [5.41, 5.74) is 40.3. The third-order valence-electron chi connectivity index (χ3n) is 27.7. The highest BCUT2D eigenvalue weighted by molar-refractivity contribution is 6.15. The van der Waals surface area contributed by atoms with Gasteiger partial charge in [-0.25, -0.2) is 0 Å². The Morgan fingerprint density at radius 1 is 0.101 bits per heavy atom. The molecular weight excluding hydrogens is 1680 g/mol. The summed E-state index contributed by atoms with van der Waals surface area (Å²) in [6.45, 7) is 0. The van der Waals surface area contributed by atoms with Crippen LogP contribution in [0.1, 0.15) is 0 Å². The normalized spacial score (nSPS) is 11.6. The van der Waals surface area contributed by atoms with Gasteiger partial charge in [-0.05, 0) is 251 Å². The molecule has 0 spiro atoms. The molecule has 0 N–H and O–H groups in total. The van der Waals surface area contributed by atoms with E-state index in [9.17, 15) is 0 Å². The lowest BCUT2D eigenvalue weighted by molar-refractivity contribution is 0.668. The summed E-state index contributed by atoms with van der Waals surface area (Å²) < 4.78 is 25.3. The Bertz CT molecular complexity index is 9250. The third-order valence-corrected chi connectivity index (χ3v) is 27.7. The van der Waals surface area contributed by atoms with Crippen molar-refractivity contribution in [1.82, 2.24) is 13.7 Å². The van der Waals surface area contributed by atoms with Gasteiger partial charge in [0.05, 0.1) is 33.1 Å². The minimum atomic E-state index is 0.919. The maximum absolute atomic E-state index is 6.05. The van der Waals surface area contributed by atoms with E-state index < -0.39 is 0 Å². The number of nitrogens with zero attached hydrogens (tertiary/aromatic N) is 3. The Morgan fingerprint density at radius 2 is 0.283 bits per heavy atom. The summed E-state index contributed by atoms with van der Waals surface area (Å²) in [5, 5.41) is 14.5. The molecule has 6 nitrogen and oxygen atoms in total. The molecule has 0 aliphatic rings. The molecule has 6 aromatic heterocycles. The fourth-order valence-corrected chi connectivity index (χ4v) is 20.7. The standard InChI is InChI=1S/2C48H31NO.C36H23NO/c1-3-9-32(10-4-1)38-21-26-41-42-27-22-39(33-11-5-2-6-12-33)31-46(42)49(45(41)30-38)40-24-19-35(20-25-40)34-15-17-36(18-16-34)37-23-28-48-44(29-37)43-13-7-8-14-47(43)50-48;1-3-9-32(10-4-1)37-21-26-45-42(29-37)43-30-38(33-11-5-2-6-12-33)22-27-46(43)49(45)40-24-19-35(20-25-40)34-15-17-36(18-16-34)39-23-28-48-44(31-39)41-13-7-8-14-47(41)50-48;1-4-10-33-29(7-1)30-8-2-5-11-34(30)37(33)28-20-17-25(18-21-28)24-13-15-26(16-14-24)27-19-22-36-32(23-27)31-9-3-6-12-35(31)38-36/h2*1-31H;1-23H. The van der Waals surface area contributed by atoms with Gasteiger partial charge in [0.25, 0.3) is 0 Å². The van der Waals surface area contributed by atoms with Crippen LogP contribution >= 0.6 is 0 Å². The van der Waals surface area contributed by atoms with Crippen molar-refractivity contribution in [3.63, 3.8) is 0 Å². The summed E-state index contributed by atoms with van der Waals surface area (Å²) in [5.74, 6) is 0. The highest BCUT2D eigenvalue weighted by atomic mass is 16.3. The summed E-state index contributed by atoms with van der Waals surface area (Å²) in [6.07, 6.45) is 0. The fraction of sp³-hybridized carbons (Fsp3) is 0. The number of hydrogen-bond donors (Lipinski definition) is 0. The van der Waals surface area contributed by atoms with Crippen LogP contribution in [-0.4, -0.2) is 13.7 Å². The maximum atomic E-state index is 6.05. The molecule has 0 saturated heterocycles. The lowest BCUT2D eigenvalue weighted by Crippen LogP contribution is -1.94. The fourth-order valence-electron chi connectivity index (χ4n) is 20.7. The average molecular weight is 1760 g/mol. The van der Waals surface area contributed by atoms with Gasteiger partial charge in [-0.15, -0.1) is 0 Å². The van der Waals surface area contributed by atoms with Crippen LogP contribution in [0.25, 0.3) is 260 Å². The minimum Gasteiger partial charge on any atom is -0.456 e. The van der Waals surface area contributed by atoms with E-state index in [4.69, 9.17) is 13.3 Å². The van der Waals surface area contributed by atoms with Crippen LogP contribution in [0.4, 0.5) is 0 Å². The zero-order valence-electron chi connectivity index (χ0n) is 75.1. The smallest absolute Gasteiger partial charge is 0.135 e. The molecule has 0 aliphatic carbocycles. The van der Waals surface area contributed by atoms with Gasteiger partial charge in [0.15, 0.2) is 0 Å². The van der Waals surface area contributed by atoms with E-state index >= 15 is 0 Å². The van der Waals surface area contributed by atoms with Crippen molar-refractivity contribution in [1.29, 1.82) is 0 Å². The maximum Gasteiger partial charge on any atom is 0.135 e. The van der Waals surface area contributed by atoms with Crippen molar-refractivity contribution in [3.8, 4) is 128 Å². The number of fused-ring (bicyclic) bond motifs is 18. The Balaban J connectivity index is 0.000000108. The van der Waals surface area contributed by atoms with E-state index in [1.807, 2.05) is 36.4 Å². The Hall–Kier alpha value is -18.4. The van der Waals surface area contributed by atoms with Crippen LogP contribution in [0, 0.1) is 0 Å². The van der Waals surface area contributed by atoms with E-state index in [1.54, 1.807) is 0 Å². The first-order valence-corrected chi connectivity index (χ1v) is 47.1. The number of hydrogen-bond acceptors (Lipinski definition) is 3. The first-order chi connectivity index (χ1) is 68.4. The van der Waals surface area contributed by atoms with Crippen LogP contribution in [0.2, 0.25) is 0 Å². The van der Waals surface area contributed by atoms with Crippen LogP contribution in [-0.2, 0) is 0 Å². The van der Waals surface area contributed by atoms with E-state index in [0.717, 1.165) is 77.2 Å². The quantitative estimate of drug-likeness (QED) is 0.116. The predicted molar refractivity (Wildman–Crippen MR) is 579 cm³/mol. The molecule has 0 bridgehead atoms. The molecule has 0 aliphatic heterocycles. The summed E-state index contributed by atoms with van der Waals surface area (Å²) >= 11 is 0. The molecule has 0 unspecified atom stereocenters. The zero-order valence-corrected chi connectivity index (χ0v) is 75.1. The van der Waals surface area contributed by atoms with Crippen molar-refractivity contribution in [2.45, 2.75) is 0 Å². The van der Waals surface area contributed by atoms with Crippen LogP contribution in [0.15, 0.2) is 529 Å². The molecule has 138 heavy (non-hydrogen) atoms. The number of benzene rings is 22. The van der Waals surface area contributed by atoms with Gasteiger partial charge in [-0.3, -0.25) is 0 Å². The van der Waals surface area contributed by atoms with Crippen molar-refractivity contribution in [2.75, 3.05) is 0 Å². The molecule has 6 heteroatoms. The van der Waals surface area contributed by atoms with Crippen LogP contribution in [0.3, 0.4) is 0 Å². The number of para-hydroxylation sites is 5. The number of aromatic nitrogens is 3. The second kappa shape index (κ2) is 34.0. The molecule has 0 fully saturated rings. The monoisotopic (exact) mass is 1760 g/mol. The van der Waals surface area contributed by atoms with Gasteiger partial charge < -0.3 is 27.0 Å². The van der Waals surface area contributed by atoms with Crippen LogP contribution in [0.5, 0.6) is 0 Å². The third kappa shape index (κ3) is 14.6. The Labute approximate surface area is 796 Å². The van der Waals surface area contributed by atoms with Crippen molar-refractivity contribution in [2.24, 2.45) is 0 Å². The molecule has 22 aromatic carbocycles. The molecule has 0 amide bonds. The van der Waals surface area contributed by atoms with E-state index in [-0.39, 0.29) is 0 Å². The number of furan rings is 3. The highest BCUT2D eigenvalue weighted by Gasteiger charge is 2.22. The number of rotatable bonds is 13. The van der Waals surface area contributed by atoms with E-state index in [0.29, 0.717) is 0 Å². The molecule has 28 rings (SSSR count). The molecule has 6 heterocycles. The van der Waals surface area contributed by atoms with E-state index in [2.05, 4.69) is 493 Å².